The molecule has 74 valence electrons. The number of rotatable bonds is 1. The molecule has 14 heavy (non-hydrogen) atoms. The summed E-state index contributed by atoms with van der Waals surface area (Å²) in [6.45, 7) is 0.221. The highest BCUT2D eigenvalue weighted by Crippen LogP contribution is 2.17. The predicted octanol–water partition coefficient (Wildman–Crippen LogP) is -1.13. The molecule has 0 aromatic carbocycles. The van der Waals surface area contributed by atoms with Crippen LogP contribution in [0.3, 0.4) is 0 Å². The van der Waals surface area contributed by atoms with Crippen molar-refractivity contribution in [3.8, 4) is 0 Å². The second kappa shape index (κ2) is 3.22. The molecule has 2 N–H and O–H groups in total. The Bertz CT molecular complexity index is 414. The number of carbonyl (C=O) groups is 1. The maximum absolute atomic E-state index is 11.3. The Morgan fingerprint density at radius 3 is 2.93 bits per heavy atom. The van der Waals surface area contributed by atoms with Gasteiger partial charge in [-0.05, 0) is 6.07 Å². The third-order valence-corrected chi connectivity index (χ3v) is 2.05. The maximum Gasteiger partial charge on any atom is 0.346 e. The number of amides is 1. The largest absolute Gasteiger partial charge is 0.391 e. The second-order valence-electron chi connectivity index (χ2n) is 3.12. The minimum absolute atomic E-state index is 0.102. The first-order chi connectivity index (χ1) is 6.66. The summed E-state index contributed by atoms with van der Waals surface area (Å²) in [4.78, 5) is 29.4. The van der Waals surface area contributed by atoms with Gasteiger partial charge in [-0.15, -0.1) is 0 Å². The van der Waals surface area contributed by atoms with E-state index in [4.69, 9.17) is 0 Å². The molecule has 1 aromatic rings. The van der Waals surface area contributed by atoms with Gasteiger partial charge in [-0.1, -0.05) is 0 Å². The minimum Gasteiger partial charge on any atom is -0.391 e. The molecule has 6 nitrogen and oxygen atoms in total. The van der Waals surface area contributed by atoms with Crippen LogP contribution < -0.4 is 10.6 Å². The molecule has 1 aromatic heterocycles. The van der Waals surface area contributed by atoms with Crippen LogP contribution in [0, 0.1) is 0 Å². The van der Waals surface area contributed by atoms with Crippen molar-refractivity contribution in [2.24, 2.45) is 0 Å². The molecular weight excluding hydrogens is 186 g/mol. The first-order valence-electron chi connectivity index (χ1n) is 4.20. The molecule has 2 heterocycles. The van der Waals surface area contributed by atoms with Crippen molar-refractivity contribution in [1.82, 2.24) is 9.97 Å². The van der Waals surface area contributed by atoms with E-state index in [-0.39, 0.29) is 18.9 Å². The van der Waals surface area contributed by atoms with Crippen LogP contribution in [0.25, 0.3) is 0 Å². The number of hydrogen-bond donors (Lipinski definition) is 2. The third-order valence-electron chi connectivity index (χ3n) is 2.05. The number of aromatic amines is 1. The molecular formula is C8H9N3O3. The van der Waals surface area contributed by atoms with Gasteiger partial charge in [-0.2, -0.15) is 0 Å². The molecule has 1 atom stereocenters. The average Bonchev–Trinajstić information content (AvgIpc) is 2.45. The molecule has 0 bridgehead atoms. The number of H-pyrrole nitrogens is 1. The van der Waals surface area contributed by atoms with E-state index in [0.717, 1.165) is 0 Å². The Morgan fingerprint density at radius 1 is 1.57 bits per heavy atom. The number of nitrogens with one attached hydrogen (secondary N) is 1. The highest BCUT2D eigenvalue weighted by Gasteiger charge is 2.29. The van der Waals surface area contributed by atoms with Crippen LogP contribution in [-0.2, 0) is 4.79 Å². The molecule has 0 radical (unpaired) electrons. The number of aromatic nitrogens is 2. The van der Waals surface area contributed by atoms with E-state index >= 15 is 0 Å². The lowest BCUT2D eigenvalue weighted by molar-refractivity contribution is -0.117. The quantitative estimate of drug-likeness (QED) is 0.593. The van der Waals surface area contributed by atoms with Crippen LogP contribution in [0.15, 0.2) is 17.1 Å². The molecule has 1 aliphatic rings. The molecule has 2 rings (SSSR count). The zero-order valence-corrected chi connectivity index (χ0v) is 7.30. The van der Waals surface area contributed by atoms with Crippen molar-refractivity contribution in [2.45, 2.75) is 12.5 Å². The van der Waals surface area contributed by atoms with Crippen LogP contribution in [0.5, 0.6) is 0 Å². The number of β-amino-alcohol motifs (C(OH)–C–C–N with tert-alkyl or cyclic N) is 1. The summed E-state index contributed by atoms with van der Waals surface area (Å²) in [6.07, 6.45) is 0.774. The molecule has 1 unspecified atom stereocenters. The molecule has 0 saturated carbocycles. The molecule has 6 heteroatoms. The van der Waals surface area contributed by atoms with E-state index in [0.29, 0.717) is 5.82 Å². The van der Waals surface area contributed by atoms with Gasteiger partial charge in [0, 0.05) is 6.20 Å². The summed E-state index contributed by atoms with van der Waals surface area (Å²) in [6, 6.07) is 1.53. The number of aliphatic hydroxyl groups is 1. The van der Waals surface area contributed by atoms with Crippen LogP contribution in [0.2, 0.25) is 0 Å². The zero-order valence-electron chi connectivity index (χ0n) is 7.30. The van der Waals surface area contributed by atoms with E-state index in [1.165, 1.54) is 17.2 Å². The Morgan fingerprint density at radius 2 is 2.36 bits per heavy atom. The van der Waals surface area contributed by atoms with Gasteiger partial charge in [0.15, 0.2) is 0 Å². The number of nitrogens with zero attached hydrogens (tertiary/aromatic N) is 2. The number of carbonyl (C=O) groups excluding carboxylic acids is 1. The van der Waals surface area contributed by atoms with Gasteiger partial charge in [-0.25, -0.2) is 9.78 Å². The number of anilines is 1. The highest BCUT2D eigenvalue weighted by atomic mass is 16.3. The van der Waals surface area contributed by atoms with Crippen LogP contribution in [0.1, 0.15) is 6.42 Å². The zero-order chi connectivity index (χ0) is 10.1. The number of aliphatic hydroxyl groups excluding tert-OH is 1. The van der Waals surface area contributed by atoms with Crippen LogP contribution >= 0.6 is 0 Å². The van der Waals surface area contributed by atoms with E-state index in [2.05, 4.69) is 9.97 Å². The average molecular weight is 195 g/mol. The van der Waals surface area contributed by atoms with E-state index < -0.39 is 11.8 Å². The first-order valence-corrected chi connectivity index (χ1v) is 4.20. The van der Waals surface area contributed by atoms with Crippen molar-refractivity contribution in [3.05, 3.63) is 22.7 Å². The van der Waals surface area contributed by atoms with Gasteiger partial charge in [0.2, 0.25) is 5.91 Å². The van der Waals surface area contributed by atoms with Crippen LogP contribution in [0.4, 0.5) is 5.82 Å². The molecule has 0 aliphatic carbocycles. The molecule has 1 fully saturated rings. The highest BCUT2D eigenvalue weighted by molar-refractivity contribution is 5.95. The Hall–Kier alpha value is -1.69. The molecule has 1 saturated heterocycles. The van der Waals surface area contributed by atoms with Gasteiger partial charge < -0.3 is 5.11 Å². The lowest BCUT2D eigenvalue weighted by Crippen LogP contribution is -2.28. The summed E-state index contributed by atoms with van der Waals surface area (Å²) in [5.41, 5.74) is -0.503. The second-order valence-corrected chi connectivity index (χ2v) is 3.12. The van der Waals surface area contributed by atoms with Crippen LogP contribution in [-0.4, -0.2) is 33.6 Å². The standard InChI is InChI=1S/C8H9N3O3/c12-5-3-7(13)11(4-5)6-1-2-9-8(14)10-6/h1-2,5,12H,3-4H2,(H,9,10,14). The van der Waals surface area contributed by atoms with Crippen molar-refractivity contribution >= 4 is 11.7 Å². The number of hydrogen-bond acceptors (Lipinski definition) is 4. The van der Waals surface area contributed by atoms with Crippen molar-refractivity contribution in [3.63, 3.8) is 0 Å². The predicted molar refractivity (Wildman–Crippen MR) is 47.8 cm³/mol. The Balaban J connectivity index is 2.32. The fourth-order valence-electron chi connectivity index (χ4n) is 1.44. The van der Waals surface area contributed by atoms with Gasteiger partial charge >= 0.3 is 5.69 Å². The fraction of sp³-hybridized carbons (Fsp3) is 0.375. The minimum atomic E-state index is -0.654. The monoisotopic (exact) mass is 195 g/mol. The fourth-order valence-corrected chi connectivity index (χ4v) is 1.44. The van der Waals surface area contributed by atoms with Gasteiger partial charge in [0.05, 0.1) is 19.1 Å². The first kappa shape index (κ1) is 8.89. The smallest absolute Gasteiger partial charge is 0.346 e. The lowest BCUT2D eigenvalue weighted by Gasteiger charge is -2.13. The van der Waals surface area contributed by atoms with Crippen molar-refractivity contribution in [2.75, 3.05) is 11.4 Å². The van der Waals surface area contributed by atoms with Crippen molar-refractivity contribution < 1.29 is 9.90 Å². The van der Waals surface area contributed by atoms with E-state index in [1.807, 2.05) is 0 Å². The lowest BCUT2D eigenvalue weighted by atomic mass is 10.3. The van der Waals surface area contributed by atoms with Crippen molar-refractivity contribution in [1.29, 1.82) is 0 Å². The normalized spacial score (nSPS) is 21.6. The SMILES string of the molecule is O=C1CC(O)CN1c1ccnc(=O)[nH]1. The summed E-state index contributed by atoms with van der Waals surface area (Å²) >= 11 is 0. The third kappa shape index (κ3) is 1.51. The van der Waals surface area contributed by atoms with Gasteiger partial charge in [0.1, 0.15) is 5.82 Å². The Kier molecular flexibility index (Phi) is 2.05. The van der Waals surface area contributed by atoms with Gasteiger partial charge in [0.25, 0.3) is 0 Å². The molecule has 1 amide bonds. The molecule has 0 spiro atoms. The van der Waals surface area contributed by atoms with E-state index in [1.54, 1.807) is 0 Å². The Labute approximate surface area is 79.2 Å². The summed E-state index contributed by atoms with van der Waals surface area (Å²) < 4.78 is 0. The molecule has 1 aliphatic heterocycles. The van der Waals surface area contributed by atoms with E-state index in [9.17, 15) is 14.7 Å². The maximum atomic E-state index is 11.3. The van der Waals surface area contributed by atoms with Gasteiger partial charge in [-0.3, -0.25) is 14.7 Å². The summed E-state index contributed by atoms with van der Waals surface area (Å²) in [7, 11) is 0. The summed E-state index contributed by atoms with van der Waals surface area (Å²) in [5.74, 6) is 0.186. The topological polar surface area (TPSA) is 86.3 Å². The summed E-state index contributed by atoms with van der Waals surface area (Å²) in [5, 5.41) is 9.23.